The van der Waals surface area contributed by atoms with Crippen LogP contribution in [0.2, 0.25) is 0 Å². The normalized spacial score (nSPS) is 29.9. The first kappa shape index (κ1) is 16.1. The van der Waals surface area contributed by atoms with E-state index in [1.54, 1.807) is 23.9 Å². The van der Waals surface area contributed by atoms with E-state index in [0.29, 0.717) is 13.1 Å². The summed E-state index contributed by atoms with van der Waals surface area (Å²) in [4.78, 5) is 27.7. The van der Waals surface area contributed by atoms with Gasteiger partial charge in [0.15, 0.2) is 0 Å². The van der Waals surface area contributed by atoms with E-state index in [4.69, 9.17) is 0 Å². The Morgan fingerprint density at radius 3 is 2.52 bits per heavy atom. The summed E-state index contributed by atoms with van der Waals surface area (Å²) in [7, 11) is 3.45. The van der Waals surface area contributed by atoms with E-state index in [9.17, 15) is 14.7 Å². The fourth-order valence-corrected chi connectivity index (χ4v) is 3.23. The van der Waals surface area contributed by atoms with E-state index in [-0.39, 0.29) is 23.9 Å². The summed E-state index contributed by atoms with van der Waals surface area (Å²) in [5.41, 5.74) is 0. The van der Waals surface area contributed by atoms with Gasteiger partial charge in [0.1, 0.15) is 0 Å². The molecule has 0 aromatic rings. The summed E-state index contributed by atoms with van der Waals surface area (Å²) >= 11 is 0. The SMILES string of the molecule is CN(C)C(=O)N1CCCC(C(=O)NC2CCCCC2O)C1. The van der Waals surface area contributed by atoms with E-state index in [1.807, 2.05) is 0 Å². The molecule has 120 valence electrons. The van der Waals surface area contributed by atoms with Crippen LogP contribution in [0.4, 0.5) is 4.79 Å². The molecule has 3 amide bonds. The van der Waals surface area contributed by atoms with E-state index >= 15 is 0 Å². The van der Waals surface area contributed by atoms with Crippen molar-refractivity contribution >= 4 is 11.9 Å². The van der Waals surface area contributed by atoms with Crippen LogP contribution in [0.5, 0.6) is 0 Å². The Kier molecular flexibility index (Phi) is 5.45. The highest BCUT2D eigenvalue weighted by molar-refractivity contribution is 5.81. The highest BCUT2D eigenvalue weighted by Gasteiger charge is 2.32. The van der Waals surface area contributed by atoms with E-state index in [1.165, 1.54) is 0 Å². The van der Waals surface area contributed by atoms with Crippen molar-refractivity contribution in [2.24, 2.45) is 5.92 Å². The van der Waals surface area contributed by atoms with Crippen LogP contribution < -0.4 is 5.32 Å². The monoisotopic (exact) mass is 297 g/mol. The van der Waals surface area contributed by atoms with Crippen molar-refractivity contribution in [3.05, 3.63) is 0 Å². The molecule has 1 aliphatic heterocycles. The molecule has 21 heavy (non-hydrogen) atoms. The Balaban J connectivity index is 1.88. The summed E-state index contributed by atoms with van der Waals surface area (Å²) in [5, 5.41) is 12.9. The molecule has 0 aromatic heterocycles. The molecule has 0 radical (unpaired) electrons. The van der Waals surface area contributed by atoms with Crippen molar-refractivity contribution in [3.8, 4) is 0 Å². The molecule has 6 heteroatoms. The fourth-order valence-electron chi connectivity index (χ4n) is 3.23. The molecule has 2 fully saturated rings. The number of nitrogens with one attached hydrogen (secondary N) is 1. The van der Waals surface area contributed by atoms with Gasteiger partial charge in [0, 0.05) is 27.2 Å². The van der Waals surface area contributed by atoms with Gasteiger partial charge in [-0.25, -0.2) is 4.79 Å². The second-order valence-electron chi connectivity index (χ2n) is 6.43. The maximum atomic E-state index is 12.4. The zero-order valence-corrected chi connectivity index (χ0v) is 13.0. The van der Waals surface area contributed by atoms with Crippen LogP contribution in [0, 0.1) is 5.92 Å². The minimum atomic E-state index is -0.425. The summed E-state index contributed by atoms with van der Waals surface area (Å²) in [6.45, 7) is 1.19. The van der Waals surface area contributed by atoms with Gasteiger partial charge in [-0.1, -0.05) is 12.8 Å². The van der Waals surface area contributed by atoms with Crippen LogP contribution in [-0.4, -0.2) is 66.2 Å². The van der Waals surface area contributed by atoms with Crippen LogP contribution >= 0.6 is 0 Å². The zero-order valence-electron chi connectivity index (χ0n) is 13.0. The molecule has 0 aromatic carbocycles. The average molecular weight is 297 g/mol. The maximum absolute atomic E-state index is 12.4. The maximum Gasteiger partial charge on any atom is 0.319 e. The van der Waals surface area contributed by atoms with Crippen LogP contribution in [0.25, 0.3) is 0 Å². The van der Waals surface area contributed by atoms with Crippen LogP contribution in [0.1, 0.15) is 38.5 Å². The van der Waals surface area contributed by atoms with Gasteiger partial charge < -0.3 is 20.2 Å². The lowest BCUT2D eigenvalue weighted by molar-refractivity contribution is -0.128. The molecule has 6 nitrogen and oxygen atoms in total. The Bertz CT molecular complexity index is 386. The Morgan fingerprint density at radius 1 is 1.14 bits per heavy atom. The zero-order chi connectivity index (χ0) is 15.4. The van der Waals surface area contributed by atoms with Crippen molar-refractivity contribution < 1.29 is 14.7 Å². The highest BCUT2D eigenvalue weighted by atomic mass is 16.3. The first-order chi connectivity index (χ1) is 9.99. The minimum Gasteiger partial charge on any atom is -0.391 e. The van der Waals surface area contributed by atoms with Gasteiger partial charge in [-0.2, -0.15) is 0 Å². The summed E-state index contributed by atoms with van der Waals surface area (Å²) in [6.07, 6.45) is 4.93. The molecule has 0 bridgehead atoms. The fraction of sp³-hybridized carbons (Fsp3) is 0.867. The number of hydrogen-bond donors (Lipinski definition) is 2. The van der Waals surface area contributed by atoms with Crippen molar-refractivity contribution in [1.29, 1.82) is 0 Å². The largest absolute Gasteiger partial charge is 0.391 e. The third-order valence-corrected chi connectivity index (χ3v) is 4.50. The number of hydrogen-bond acceptors (Lipinski definition) is 3. The number of nitrogens with zero attached hydrogens (tertiary/aromatic N) is 2. The standard InChI is InChI=1S/C15H27N3O3/c1-17(2)15(21)18-9-5-6-11(10-18)14(20)16-12-7-3-4-8-13(12)19/h11-13,19H,3-10H2,1-2H3,(H,16,20). The van der Waals surface area contributed by atoms with Crippen molar-refractivity contribution in [3.63, 3.8) is 0 Å². The number of aliphatic hydroxyl groups is 1. The number of urea groups is 1. The molecule has 3 atom stereocenters. The van der Waals surface area contributed by atoms with Gasteiger partial charge >= 0.3 is 6.03 Å². The third-order valence-electron chi connectivity index (χ3n) is 4.50. The molecule has 1 saturated carbocycles. The molecule has 1 saturated heterocycles. The molecule has 2 rings (SSSR count). The van der Waals surface area contributed by atoms with Gasteiger partial charge in [-0.15, -0.1) is 0 Å². The Labute approximate surface area is 126 Å². The Hall–Kier alpha value is -1.30. The number of piperidine rings is 1. The third kappa shape index (κ3) is 4.09. The van der Waals surface area contributed by atoms with Crippen molar-refractivity contribution in [2.75, 3.05) is 27.2 Å². The number of carbonyl (C=O) groups excluding carboxylic acids is 2. The summed E-state index contributed by atoms with van der Waals surface area (Å²) < 4.78 is 0. The summed E-state index contributed by atoms with van der Waals surface area (Å²) in [6, 6.07) is -0.156. The smallest absolute Gasteiger partial charge is 0.319 e. The molecular formula is C15H27N3O3. The quantitative estimate of drug-likeness (QED) is 0.792. The number of amides is 3. The van der Waals surface area contributed by atoms with E-state index in [0.717, 1.165) is 38.5 Å². The molecular weight excluding hydrogens is 270 g/mol. The molecule has 2 aliphatic rings. The molecule has 3 unspecified atom stereocenters. The van der Waals surface area contributed by atoms with Crippen LogP contribution in [0.3, 0.4) is 0 Å². The minimum absolute atomic E-state index is 0.0165. The lowest BCUT2D eigenvalue weighted by Gasteiger charge is -2.35. The van der Waals surface area contributed by atoms with Crippen LogP contribution in [0.15, 0.2) is 0 Å². The van der Waals surface area contributed by atoms with E-state index < -0.39 is 6.10 Å². The second kappa shape index (κ2) is 7.11. The van der Waals surface area contributed by atoms with Crippen molar-refractivity contribution in [1.82, 2.24) is 15.1 Å². The molecule has 1 heterocycles. The topological polar surface area (TPSA) is 72.9 Å². The predicted octanol–water partition coefficient (Wildman–Crippen LogP) is 0.800. The van der Waals surface area contributed by atoms with Crippen LogP contribution in [-0.2, 0) is 4.79 Å². The van der Waals surface area contributed by atoms with Gasteiger partial charge in [0.05, 0.1) is 18.1 Å². The second-order valence-corrected chi connectivity index (χ2v) is 6.43. The molecule has 1 aliphatic carbocycles. The number of rotatable bonds is 2. The Morgan fingerprint density at radius 2 is 1.86 bits per heavy atom. The summed E-state index contributed by atoms with van der Waals surface area (Å²) in [5.74, 6) is -0.172. The average Bonchev–Trinajstić information content (AvgIpc) is 2.48. The van der Waals surface area contributed by atoms with Gasteiger partial charge in [-0.3, -0.25) is 4.79 Å². The number of carbonyl (C=O) groups is 2. The highest BCUT2D eigenvalue weighted by Crippen LogP contribution is 2.21. The van der Waals surface area contributed by atoms with Gasteiger partial charge in [0.2, 0.25) is 5.91 Å². The number of likely N-dealkylation sites (tertiary alicyclic amines) is 1. The van der Waals surface area contributed by atoms with Gasteiger partial charge in [-0.05, 0) is 25.7 Å². The first-order valence-corrected chi connectivity index (χ1v) is 7.93. The van der Waals surface area contributed by atoms with E-state index in [2.05, 4.69) is 5.32 Å². The number of aliphatic hydroxyl groups excluding tert-OH is 1. The lowest BCUT2D eigenvalue weighted by atomic mass is 9.91. The predicted molar refractivity (Wildman–Crippen MR) is 79.8 cm³/mol. The van der Waals surface area contributed by atoms with Crippen molar-refractivity contribution in [2.45, 2.75) is 50.7 Å². The van der Waals surface area contributed by atoms with Gasteiger partial charge in [0.25, 0.3) is 0 Å². The molecule has 0 spiro atoms. The lowest BCUT2D eigenvalue weighted by Crippen LogP contribution is -2.52. The molecule has 2 N–H and O–H groups in total. The first-order valence-electron chi connectivity index (χ1n) is 7.93.